The van der Waals surface area contributed by atoms with Crippen LogP contribution in [0.2, 0.25) is 5.02 Å². The molecule has 4 nitrogen and oxygen atoms in total. The Hall–Kier alpha value is -2.59. The highest BCUT2D eigenvalue weighted by Crippen LogP contribution is 2.36. The van der Waals surface area contributed by atoms with Crippen molar-refractivity contribution >= 4 is 17.4 Å². The summed E-state index contributed by atoms with van der Waals surface area (Å²) in [7, 11) is 1.64. The molecule has 0 spiro atoms. The van der Waals surface area contributed by atoms with E-state index in [-0.39, 0.29) is 11.7 Å². The fourth-order valence-electron chi connectivity index (χ4n) is 3.69. The van der Waals surface area contributed by atoms with E-state index in [1.165, 1.54) is 0 Å². The van der Waals surface area contributed by atoms with Crippen LogP contribution >= 0.6 is 11.6 Å². The third-order valence-corrected chi connectivity index (χ3v) is 5.18. The van der Waals surface area contributed by atoms with E-state index in [4.69, 9.17) is 16.3 Å². The second-order valence-electron chi connectivity index (χ2n) is 6.60. The fourth-order valence-corrected chi connectivity index (χ4v) is 3.89. The number of fused-ring (bicyclic) bond motifs is 1. The fraction of sp³-hybridized carbons (Fsp3) is 0.238. The second kappa shape index (κ2) is 6.61. The van der Waals surface area contributed by atoms with Gasteiger partial charge >= 0.3 is 0 Å². The van der Waals surface area contributed by atoms with Crippen molar-refractivity contribution in [2.45, 2.75) is 25.7 Å². The smallest absolute Gasteiger partial charge is 0.167 e. The van der Waals surface area contributed by atoms with Gasteiger partial charge in [0.1, 0.15) is 5.75 Å². The maximum Gasteiger partial charge on any atom is 0.167 e. The van der Waals surface area contributed by atoms with E-state index in [9.17, 15) is 4.79 Å². The molecule has 1 unspecified atom stereocenters. The van der Waals surface area contributed by atoms with Crippen molar-refractivity contribution in [3.05, 3.63) is 76.1 Å². The number of nitrogens with zero attached hydrogens (tertiary/aromatic N) is 2. The van der Waals surface area contributed by atoms with Crippen molar-refractivity contribution in [3.63, 3.8) is 0 Å². The van der Waals surface area contributed by atoms with E-state index >= 15 is 0 Å². The Morgan fingerprint density at radius 3 is 2.62 bits per heavy atom. The lowest BCUT2D eigenvalue weighted by molar-refractivity contribution is 0.0963. The zero-order valence-electron chi connectivity index (χ0n) is 14.7. The number of benzene rings is 2. The van der Waals surface area contributed by atoms with E-state index in [1.807, 2.05) is 60.1 Å². The molecule has 1 atom stereocenters. The standard InChI is InChI=1S/C21H19ClN2O2/c1-13-21-19(24(23-13)17-6-8-18(26-2)9-7-17)11-15(12-20(21)25)14-4-3-5-16(22)10-14/h3-10,15H,11-12H2,1-2H3. The number of aromatic nitrogens is 2. The minimum atomic E-state index is 0.113. The summed E-state index contributed by atoms with van der Waals surface area (Å²) in [6.07, 6.45) is 1.25. The Balaban J connectivity index is 1.77. The summed E-state index contributed by atoms with van der Waals surface area (Å²) >= 11 is 6.15. The summed E-state index contributed by atoms with van der Waals surface area (Å²) in [6, 6.07) is 15.5. The van der Waals surface area contributed by atoms with E-state index < -0.39 is 0 Å². The van der Waals surface area contributed by atoms with Crippen LogP contribution in [-0.4, -0.2) is 22.7 Å². The van der Waals surface area contributed by atoms with Crippen LogP contribution in [0.4, 0.5) is 0 Å². The van der Waals surface area contributed by atoms with Crippen molar-refractivity contribution in [1.29, 1.82) is 0 Å². The van der Waals surface area contributed by atoms with Crippen molar-refractivity contribution in [2.24, 2.45) is 0 Å². The third-order valence-electron chi connectivity index (χ3n) is 4.94. The number of aryl methyl sites for hydroxylation is 1. The molecule has 0 radical (unpaired) electrons. The lowest BCUT2D eigenvalue weighted by atomic mass is 9.81. The Morgan fingerprint density at radius 2 is 1.92 bits per heavy atom. The Labute approximate surface area is 157 Å². The van der Waals surface area contributed by atoms with E-state index in [0.29, 0.717) is 11.4 Å². The van der Waals surface area contributed by atoms with E-state index in [0.717, 1.165) is 40.4 Å². The first-order chi connectivity index (χ1) is 12.6. The highest BCUT2D eigenvalue weighted by atomic mass is 35.5. The third kappa shape index (κ3) is 2.90. The lowest BCUT2D eigenvalue weighted by Gasteiger charge is -2.23. The maximum atomic E-state index is 12.8. The average Bonchev–Trinajstić information content (AvgIpc) is 2.99. The minimum Gasteiger partial charge on any atom is -0.497 e. The summed E-state index contributed by atoms with van der Waals surface area (Å²) < 4.78 is 7.12. The molecule has 0 aliphatic heterocycles. The zero-order chi connectivity index (χ0) is 18.3. The van der Waals surface area contributed by atoms with Crippen LogP contribution in [0.25, 0.3) is 5.69 Å². The van der Waals surface area contributed by atoms with Gasteiger partial charge in [-0.3, -0.25) is 4.79 Å². The zero-order valence-corrected chi connectivity index (χ0v) is 15.5. The highest BCUT2D eigenvalue weighted by Gasteiger charge is 2.32. The molecule has 3 aromatic rings. The van der Waals surface area contributed by atoms with Crippen LogP contribution in [0.5, 0.6) is 5.75 Å². The van der Waals surface area contributed by atoms with Crippen LogP contribution in [0.3, 0.4) is 0 Å². The number of ether oxygens (including phenoxy) is 1. The number of rotatable bonds is 3. The SMILES string of the molecule is COc1ccc(-n2nc(C)c3c2CC(c2cccc(Cl)c2)CC3=O)cc1. The largest absolute Gasteiger partial charge is 0.497 e. The predicted octanol–water partition coefficient (Wildman–Crippen LogP) is 4.76. The molecule has 2 aromatic carbocycles. The summed E-state index contributed by atoms with van der Waals surface area (Å²) in [6.45, 7) is 1.90. The Kier molecular flexibility index (Phi) is 4.29. The van der Waals surface area contributed by atoms with E-state index in [1.54, 1.807) is 7.11 Å². The van der Waals surface area contributed by atoms with Crippen molar-refractivity contribution in [1.82, 2.24) is 9.78 Å². The average molecular weight is 367 g/mol. The minimum absolute atomic E-state index is 0.113. The van der Waals surface area contributed by atoms with Crippen LogP contribution in [0, 0.1) is 6.92 Å². The molecule has 26 heavy (non-hydrogen) atoms. The van der Waals surface area contributed by atoms with Gasteiger partial charge in [0.2, 0.25) is 0 Å². The van der Waals surface area contributed by atoms with Gasteiger partial charge < -0.3 is 4.74 Å². The summed E-state index contributed by atoms with van der Waals surface area (Å²) in [4.78, 5) is 12.8. The first-order valence-corrected chi connectivity index (χ1v) is 8.96. The topological polar surface area (TPSA) is 44.1 Å². The number of hydrogen-bond acceptors (Lipinski definition) is 3. The molecule has 0 saturated carbocycles. The number of ketones is 1. The van der Waals surface area contributed by atoms with Gasteiger partial charge in [-0.05, 0) is 61.2 Å². The van der Waals surface area contributed by atoms with Crippen LogP contribution in [0.15, 0.2) is 48.5 Å². The Morgan fingerprint density at radius 1 is 1.15 bits per heavy atom. The van der Waals surface area contributed by atoms with Crippen molar-refractivity contribution < 1.29 is 9.53 Å². The summed E-state index contributed by atoms with van der Waals surface area (Å²) in [5, 5.41) is 5.34. The van der Waals surface area contributed by atoms with Crippen molar-refractivity contribution in [2.75, 3.05) is 7.11 Å². The van der Waals surface area contributed by atoms with Gasteiger partial charge in [-0.2, -0.15) is 5.10 Å². The van der Waals surface area contributed by atoms with Gasteiger partial charge in [0.05, 0.1) is 29.7 Å². The first-order valence-electron chi connectivity index (χ1n) is 8.58. The molecule has 0 N–H and O–H groups in total. The van der Waals surface area contributed by atoms with Gasteiger partial charge in [0, 0.05) is 11.4 Å². The molecule has 0 saturated heterocycles. The highest BCUT2D eigenvalue weighted by molar-refractivity contribution is 6.30. The molecule has 132 valence electrons. The van der Waals surface area contributed by atoms with Gasteiger partial charge in [-0.1, -0.05) is 23.7 Å². The predicted molar refractivity (Wildman–Crippen MR) is 102 cm³/mol. The second-order valence-corrected chi connectivity index (χ2v) is 7.04. The molecule has 1 aliphatic rings. The van der Waals surface area contributed by atoms with Crippen LogP contribution < -0.4 is 4.74 Å². The summed E-state index contributed by atoms with van der Waals surface area (Å²) in [5.74, 6) is 1.05. The van der Waals surface area contributed by atoms with Gasteiger partial charge in [-0.25, -0.2) is 4.68 Å². The van der Waals surface area contributed by atoms with Crippen LogP contribution in [-0.2, 0) is 6.42 Å². The monoisotopic (exact) mass is 366 g/mol. The van der Waals surface area contributed by atoms with Gasteiger partial charge in [0.15, 0.2) is 5.78 Å². The molecule has 4 rings (SSSR count). The molecular formula is C21H19ClN2O2. The van der Waals surface area contributed by atoms with Crippen molar-refractivity contribution in [3.8, 4) is 11.4 Å². The Bertz CT molecular complexity index is 976. The molecule has 1 aliphatic carbocycles. The lowest BCUT2D eigenvalue weighted by Crippen LogP contribution is -2.20. The number of carbonyl (C=O) groups is 1. The first kappa shape index (κ1) is 16.9. The van der Waals surface area contributed by atoms with Gasteiger partial charge in [0.25, 0.3) is 0 Å². The summed E-state index contributed by atoms with van der Waals surface area (Å²) in [5.41, 5.74) is 4.53. The molecule has 0 amide bonds. The molecule has 0 bridgehead atoms. The molecule has 5 heteroatoms. The molecule has 1 heterocycles. The number of methoxy groups -OCH3 is 1. The number of carbonyl (C=O) groups excluding carboxylic acids is 1. The molecular weight excluding hydrogens is 348 g/mol. The number of halogens is 1. The maximum absolute atomic E-state index is 12.8. The molecule has 0 fully saturated rings. The number of Topliss-reactive ketones (excluding diaryl/α,β-unsaturated/α-hetero) is 1. The quantitative estimate of drug-likeness (QED) is 0.671. The van der Waals surface area contributed by atoms with E-state index in [2.05, 4.69) is 5.10 Å². The normalized spacial score (nSPS) is 16.4. The van der Waals surface area contributed by atoms with Crippen LogP contribution in [0.1, 0.15) is 39.6 Å². The van der Waals surface area contributed by atoms with Gasteiger partial charge in [-0.15, -0.1) is 0 Å². The molecule has 1 aromatic heterocycles. The number of hydrogen-bond donors (Lipinski definition) is 0.